The van der Waals surface area contributed by atoms with Crippen molar-refractivity contribution in [1.82, 2.24) is 4.90 Å². The lowest BCUT2D eigenvalue weighted by atomic mass is 10.2. The smallest absolute Gasteiger partial charge is 0.328 e. The zero-order chi connectivity index (χ0) is 10.6. The van der Waals surface area contributed by atoms with E-state index in [2.05, 4.69) is 0 Å². The molecule has 0 spiro atoms. The lowest BCUT2D eigenvalue weighted by Gasteiger charge is -2.25. The van der Waals surface area contributed by atoms with Gasteiger partial charge in [-0.25, -0.2) is 4.79 Å². The van der Waals surface area contributed by atoms with Crippen molar-refractivity contribution in [2.45, 2.75) is 31.7 Å². The largest absolute Gasteiger partial charge is 0.480 e. The van der Waals surface area contributed by atoms with E-state index in [1.165, 1.54) is 4.90 Å². The molecule has 1 saturated heterocycles. The zero-order valence-corrected chi connectivity index (χ0v) is 7.98. The summed E-state index contributed by atoms with van der Waals surface area (Å²) < 4.78 is 0. The lowest BCUT2D eigenvalue weighted by molar-refractivity contribution is -0.151. The minimum absolute atomic E-state index is 0.163. The molecule has 0 aromatic carbocycles. The summed E-state index contributed by atoms with van der Waals surface area (Å²) in [7, 11) is 0. The molecule has 0 saturated carbocycles. The third-order valence-corrected chi connectivity index (χ3v) is 2.44. The molecule has 1 unspecified atom stereocenters. The molecular weight excluding hydrogens is 186 g/mol. The van der Waals surface area contributed by atoms with Crippen molar-refractivity contribution in [2.75, 3.05) is 13.2 Å². The topological polar surface area (TPSA) is 77.8 Å². The number of carboxylic acid groups (broad SMARTS) is 1. The van der Waals surface area contributed by atoms with Crippen molar-refractivity contribution in [3.63, 3.8) is 0 Å². The summed E-state index contributed by atoms with van der Waals surface area (Å²) in [6, 6.07) is -1.07. The Bertz CT molecular complexity index is 229. The summed E-state index contributed by atoms with van der Waals surface area (Å²) in [6.45, 7) is -0.0720. The van der Waals surface area contributed by atoms with E-state index in [1.807, 2.05) is 0 Å². The van der Waals surface area contributed by atoms with E-state index in [9.17, 15) is 9.59 Å². The second-order valence-corrected chi connectivity index (χ2v) is 3.43. The van der Waals surface area contributed by atoms with Crippen molar-refractivity contribution in [1.29, 1.82) is 0 Å². The number of carbonyl (C=O) groups is 2. The Balaban J connectivity index is 2.70. The summed E-state index contributed by atoms with van der Waals surface area (Å²) in [6.07, 6.45) is 2.96. The van der Waals surface area contributed by atoms with Gasteiger partial charge in [-0.05, 0) is 12.8 Å². The molecule has 1 aliphatic rings. The maximum absolute atomic E-state index is 11.5. The van der Waals surface area contributed by atoms with Crippen LogP contribution in [0.25, 0.3) is 0 Å². The van der Waals surface area contributed by atoms with Crippen LogP contribution in [0.1, 0.15) is 25.7 Å². The molecule has 5 heteroatoms. The molecule has 0 bridgehead atoms. The van der Waals surface area contributed by atoms with Crippen LogP contribution in [0, 0.1) is 0 Å². The van der Waals surface area contributed by atoms with Crippen LogP contribution in [0.15, 0.2) is 0 Å². The molecule has 14 heavy (non-hydrogen) atoms. The fraction of sp³-hybridized carbons (Fsp3) is 0.778. The van der Waals surface area contributed by atoms with E-state index in [-0.39, 0.29) is 5.91 Å². The predicted molar refractivity (Wildman–Crippen MR) is 48.7 cm³/mol. The third-order valence-electron chi connectivity index (χ3n) is 2.44. The van der Waals surface area contributed by atoms with Gasteiger partial charge in [0.05, 0.1) is 6.61 Å². The van der Waals surface area contributed by atoms with Gasteiger partial charge in [-0.15, -0.1) is 0 Å². The molecule has 0 aliphatic carbocycles. The second kappa shape index (κ2) is 4.95. The van der Waals surface area contributed by atoms with Crippen molar-refractivity contribution >= 4 is 11.9 Å². The summed E-state index contributed by atoms with van der Waals surface area (Å²) >= 11 is 0. The lowest BCUT2D eigenvalue weighted by Crippen LogP contribution is -2.47. The SMILES string of the molecule is O=C(O)C(CO)N1CCCCCC1=O. The molecular formula is C9H15NO4. The van der Waals surface area contributed by atoms with Crippen LogP contribution in [0.5, 0.6) is 0 Å². The number of hydrogen-bond donors (Lipinski definition) is 2. The van der Waals surface area contributed by atoms with Gasteiger partial charge in [-0.3, -0.25) is 4.79 Å². The van der Waals surface area contributed by atoms with E-state index in [1.54, 1.807) is 0 Å². The van der Waals surface area contributed by atoms with Crippen LogP contribution in [-0.2, 0) is 9.59 Å². The average Bonchev–Trinajstić information content (AvgIpc) is 2.33. The number of amides is 1. The predicted octanol–water partition coefficient (Wildman–Crippen LogP) is -0.166. The van der Waals surface area contributed by atoms with Gasteiger partial charge in [0.2, 0.25) is 5.91 Å². The number of nitrogens with zero attached hydrogens (tertiary/aromatic N) is 1. The fourth-order valence-corrected chi connectivity index (χ4v) is 1.64. The molecule has 1 amide bonds. The van der Waals surface area contributed by atoms with E-state index in [4.69, 9.17) is 10.2 Å². The minimum atomic E-state index is -1.14. The van der Waals surface area contributed by atoms with Crippen LogP contribution < -0.4 is 0 Å². The molecule has 5 nitrogen and oxygen atoms in total. The van der Waals surface area contributed by atoms with Gasteiger partial charge in [0.1, 0.15) is 0 Å². The minimum Gasteiger partial charge on any atom is -0.480 e. The standard InChI is InChI=1S/C9H15NO4/c11-6-7(9(13)14)10-5-3-1-2-4-8(10)12/h7,11H,1-6H2,(H,13,14). The highest BCUT2D eigenvalue weighted by molar-refractivity contribution is 5.83. The molecule has 2 N–H and O–H groups in total. The van der Waals surface area contributed by atoms with Crippen molar-refractivity contribution < 1.29 is 19.8 Å². The first-order valence-corrected chi connectivity index (χ1v) is 4.80. The Morgan fingerprint density at radius 1 is 1.43 bits per heavy atom. The quantitative estimate of drug-likeness (QED) is 0.664. The highest BCUT2D eigenvalue weighted by Crippen LogP contribution is 2.13. The van der Waals surface area contributed by atoms with E-state index in [0.29, 0.717) is 13.0 Å². The molecule has 1 aliphatic heterocycles. The second-order valence-electron chi connectivity index (χ2n) is 3.43. The van der Waals surface area contributed by atoms with Gasteiger partial charge in [0.25, 0.3) is 0 Å². The van der Waals surface area contributed by atoms with Gasteiger partial charge in [-0.2, -0.15) is 0 Å². The highest BCUT2D eigenvalue weighted by Gasteiger charge is 2.29. The molecule has 0 aromatic rings. The van der Waals surface area contributed by atoms with Gasteiger partial charge >= 0.3 is 5.97 Å². The fourth-order valence-electron chi connectivity index (χ4n) is 1.64. The van der Waals surface area contributed by atoms with Crippen molar-refractivity contribution in [2.24, 2.45) is 0 Å². The molecule has 0 aromatic heterocycles. The van der Waals surface area contributed by atoms with Crippen LogP contribution in [0.3, 0.4) is 0 Å². The Labute approximate surface area is 82.3 Å². The first-order valence-electron chi connectivity index (χ1n) is 4.80. The normalized spacial score (nSPS) is 20.4. The molecule has 80 valence electrons. The first-order chi connectivity index (χ1) is 6.66. The van der Waals surface area contributed by atoms with Crippen LogP contribution >= 0.6 is 0 Å². The van der Waals surface area contributed by atoms with E-state index >= 15 is 0 Å². The van der Waals surface area contributed by atoms with Crippen LogP contribution in [0.4, 0.5) is 0 Å². The molecule has 1 fully saturated rings. The van der Waals surface area contributed by atoms with Crippen LogP contribution in [0.2, 0.25) is 0 Å². The van der Waals surface area contributed by atoms with Gasteiger partial charge in [-0.1, -0.05) is 6.42 Å². The molecule has 1 rings (SSSR count). The monoisotopic (exact) mass is 201 g/mol. The number of hydrogen-bond acceptors (Lipinski definition) is 3. The summed E-state index contributed by atoms with van der Waals surface area (Å²) in [4.78, 5) is 23.5. The Hall–Kier alpha value is -1.10. The van der Waals surface area contributed by atoms with Gasteiger partial charge in [0, 0.05) is 13.0 Å². The number of aliphatic carboxylic acids is 1. The summed E-state index contributed by atoms with van der Waals surface area (Å²) in [5, 5.41) is 17.7. The Morgan fingerprint density at radius 3 is 2.71 bits per heavy atom. The number of carboxylic acids is 1. The summed E-state index contributed by atoms with van der Waals surface area (Å²) in [5.41, 5.74) is 0. The number of rotatable bonds is 3. The summed E-state index contributed by atoms with van der Waals surface area (Å²) in [5.74, 6) is -1.30. The Morgan fingerprint density at radius 2 is 2.14 bits per heavy atom. The Kier molecular flexibility index (Phi) is 3.88. The maximum Gasteiger partial charge on any atom is 0.328 e. The average molecular weight is 201 g/mol. The number of carbonyl (C=O) groups excluding carboxylic acids is 1. The zero-order valence-electron chi connectivity index (χ0n) is 7.98. The van der Waals surface area contributed by atoms with E-state index in [0.717, 1.165) is 19.3 Å². The van der Waals surface area contributed by atoms with E-state index < -0.39 is 18.6 Å². The third kappa shape index (κ3) is 2.45. The van der Waals surface area contributed by atoms with Crippen molar-refractivity contribution in [3.05, 3.63) is 0 Å². The molecule has 1 heterocycles. The number of likely N-dealkylation sites (tertiary alicyclic amines) is 1. The number of aliphatic hydroxyl groups is 1. The molecule has 0 radical (unpaired) electrons. The highest BCUT2D eigenvalue weighted by atomic mass is 16.4. The maximum atomic E-state index is 11.5. The first kappa shape index (κ1) is 11.0. The molecule has 1 atom stereocenters. The van der Waals surface area contributed by atoms with Gasteiger partial charge in [0.15, 0.2) is 6.04 Å². The number of aliphatic hydroxyl groups excluding tert-OH is 1. The van der Waals surface area contributed by atoms with Crippen molar-refractivity contribution in [3.8, 4) is 0 Å². The van der Waals surface area contributed by atoms with Gasteiger partial charge < -0.3 is 15.1 Å². The van der Waals surface area contributed by atoms with Crippen LogP contribution in [-0.4, -0.2) is 46.2 Å².